The fourth-order valence-electron chi connectivity index (χ4n) is 5.59. The third-order valence-electron chi connectivity index (χ3n) is 7.59. The van der Waals surface area contributed by atoms with Crippen molar-refractivity contribution in [3.05, 3.63) is 94.8 Å². The topological polar surface area (TPSA) is 67.9 Å². The van der Waals surface area contributed by atoms with Crippen molar-refractivity contribution in [3.8, 4) is 11.5 Å². The predicted molar refractivity (Wildman–Crippen MR) is 143 cm³/mol. The maximum absolute atomic E-state index is 13.5. The number of hydrogen-bond acceptors (Lipinski definition) is 5. The highest BCUT2D eigenvalue weighted by Crippen LogP contribution is 2.40. The number of methoxy groups -OCH3 is 1. The zero-order chi connectivity index (χ0) is 26.5. The summed E-state index contributed by atoms with van der Waals surface area (Å²) in [5, 5.41) is 2.74. The Morgan fingerprint density at radius 1 is 1.00 bits per heavy atom. The average Bonchev–Trinajstić information content (AvgIpc) is 3.22. The van der Waals surface area contributed by atoms with E-state index >= 15 is 0 Å². The monoisotopic (exact) mass is 516 g/mol. The van der Waals surface area contributed by atoms with E-state index in [4.69, 9.17) is 9.47 Å². The van der Waals surface area contributed by atoms with Crippen LogP contribution in [0.1, 0.15) is 46.3 Å². The van der Waals surface area contributed by atoms with Gasteiger partial charge in [-0.3, -0.25) is 9.69 Å². The number of ketones is 1. The van der Waals surface area contributed by atoms with Crippen LogP contribution in [0.2, 0.25) is 0 Å². The van der Waals surface area contributed by atoms with Gasteiger partial charge < -0.3 is 14.8 Å². The second kappa shape index (κ2) is 11.8. The summed E-state index contributed by atoms with van der Waals surface area (Å²) in [4.78, 5) is 28.1. The number of nitrogens with one attached hydrogen (secondary N) is 1. The van der Waals surface area contributed by atoms with Crippen LogP contribution in [-0.2, 0) is 19.5 Å². The zero-order valence-electron chi connectivity index (χ0n) is 21.6. The number of piperidine rings is 1. The molecule has 3 aromatic carbocycles. The van der Waals surface area contributed by atoms with Gasteiger partial charge in [0.15, 0.2) is 17.3 Å². The number of carbonyl (C=O) groups excluding carboxylic acids is 2. The molecule has 1 unspecified atom stereocenters. The molecule has 3 aromatic rings. The molecule has 6 nitrogen and oxygen atoms in total. The second-order valence-electron chi connectivity index (χ2n) is 10.2. The molecule has 1 fully saturated rings. The minimum Gasteiger partial charge on any atom is -0.493 e. The number of rotatable bonds is 8. The van der Waals surface area contributed by atoms with E-state index in [0.717, 1.165) is 55.6 Å². The van der Waals surface area contributed by atoms with Gasteiger partial charge in [0.05, 0.1) is 7.11 Å². The van der Waals surface area contributed by atoms with Gasteiger partial charge in [-0.05, 0) is 85.6 Å². The molecule has 0 spiro atoms. The lowest BCUT2D eigenvalue weighted by Crippen LogP contribution is -2.34. The van der Waals surface area contributed by atoms with E-state index in [1.165, 1.54) is 13.2 Å². The van der Waals surface area contributed by atoms with E-state index in [1.54, 1.807) is 18.2 Å². The number of halogens is 1. The van der Waals surface area contributed by atoms with Crippen molar-refractivity contribution in [1.82, 2.24) is 10.2 Å². The summed E-state index contributed by atoms with van der Waals surface area (Å²) in [6.07, 6.45) is 2.97. The summed E-state index contributed by atoms with van der Waals surface area (Å²) in [6, 6.07) is 19.8. The molecule has 38 heavy (non-hydrogen) atoms. The van der Waals surface area contributed by atoms with E-state index in [9.17, 15) is 14.0 Å². The average molecular weight is 517 g/mol. The van der Waals surface area contributed by atoms with Gasteiger partial charge in [0, 0.05) is 24.6 Å². The van der Waals surface area contributed by atoms with E-state index in [1.807, 2.05) is 42.5 Å². The Kier molecular flexibility index (Phi) is 8.03. The van der Waals surface area contributed by atoms with Crippen LogP contribution in [-0.4, -0.2) is 37.0 Å². The molecule has 0 saturated carbocycles. The first-order valence-electron chi connectivity index (χ1n) is 13.2. The van der Waals surface area contributed by atoms with Crippen LogP contribution in [0.4, 0.5) is 9.18 Å². The second-order valence-corrected chi connectivity index (χ2v) is 10.2. The van der Waals surface area contributed by atoms with E-state index in [-0.39, 0.29) is 23.3 Å². The molecule has 5 rings (SSSR count). The number of amides is 1. The summed E-state index contributed by atoms with van der Waals surface area (Å²) < 4.78 is 24.5. The number of hydrogen-bond donors (Lipinski definition) is 1. The minimum absolute atomic E-state index is 0.0726. The van der Waals surface area contributed by atoms with Crippen molar-refractivity contribution in [2.24, 2.45) is 11.8 Å². The number of benzene rings is 3. The Morgan fingerprint density at radius 3 is 2.50 bits per heavy atom. The SMILES string of the molecule is COc1cc2c(cc1OC(=O)NCc1ccccc1)C(=O)C(CC1CCN(Cc3cccc(F)c3)CC1)C2. The third-order valence-corrected chi connectivity index (χ3v) is 7.59. The highest BCUT2D eigenvalue weighted by molar-refractivity contribution is 6.03. The van der Waals surface area contributed by atoms with Gasteiger partial charge in [-0.2, -0.15) is 0 Å². The van der Waals surface area contributed by atoms with Gasteiger partial charge in [-0.1, -0.05) is 42.5 Å². The molecule has 1 saturated heterocycles. The third kappa shape index (κ3) is 6.22. The minimum atomic E-state index is -0.598. The van der Waals surface area contributed by atoms with Gasteiger partial charge in [0.1, 0.15) is 5.82 Å². The molecule has 1 amide bonds. The molecule has 0 aromatic heterocycles. The summed E-state index contributed by atoms with van der Waals surface area (Å²) in [6.45, 7) is 2.98. The molecule has 1 aliphatic carbocycles. The highest BCUT2D eigenvalue weighted by Gasteiger charge is 2.35. The maximum Gasteiger partial charge on any atom is 0.413 e. The molecular formula is C31H33FN2O4. The van der Waals surface area contributed by atoms with Gasteiger partial charge in [-0.15, -0.1) is 0 Å². The van der Waals surface area contributed by atoms with Crippen molar-refractivity contribution < 1.29 is 23.5 Å². The van der Waals surface area contributed by atoms with Crippen LogP contribution in [0.3, 0.4) is 0 Å². The molecule has 0 bridgehead atoms. The van der Waals surface area contributed by atoms with Crippen molar-refractivity contribution >= 4 is 11.9 Å². The molecule has 7 heteroatoms. The lowest BCUT2D eigenvalue weighted by atomic mass is 9.85. The standard InChI is InChI=1S/C31H33FN2O4/c1-37-28-17-24-16-25(14-21-10-12-34(13-11-21)20-23-8-5-9-26(32)15-23)30(35)27(24)18-29(28)38-31(36)33-19-22-6-3-2-4-7-22/h2-9,15,17-18,21,25H,10-14,16,19-20H2,1H3,(H,33,36). The number of likely N-dealkylation sites (tertiary alicyclic amines) is 1. The van der Waals surface area contributed by atoms with E-state index in [2.05, 4.69) is 10.2 Å². The molecule has 1 aliphatic heterocycles. The fourth-order valence-corrected chi connectivity index (χ4v) is 5.59. The van der Waals surface area contributed by atoms with E-state index < -0.39 is 6.09 Å². The van der Waals surface area contributed by atoms with Gasteiger partial charge in [-0.25, -0.2) is 9.18 Å². The van der Waals surface area contributed by atoms with Crippen molar-refractivity contribution in [3.63, 3.8) is 0 Å². The number of nitrogens with zero attached hydrogens (tertiary/aromatic N) is 1. The summed E-state index contributed by atoms with van der Waals surface area (Å²) in [5.74, 6) is 1.00. The summed E-state index contributed by atoms with van der Waals surface area (Å²) in [7, 11) is 1.53. The smallest absolute Gasteiger partial charge is 0.413 e. The molecule has 1 N–H and O–H groups in total. The Labute approximate surface area is 222 Å². The van der Waals surface area contributed by atoms with E-state index in [0.29, 0.717) is 30.2 Å². The molecule has 1 heterocycles. The van der Waals surface area contributed by atoms with Gasteiger partial charge in [0.2, 0.25) is 0 Å². The van der Waals surface area contributed by atoms with Crippen molar-refractivity contribution in [2.75, 3.05) is 20.2 Å². The maximum atomic E-state index is 13.5. The quantitative estimate of drug-likeness (QED) is 0.411. The largest absolute Gasteiger partial charge is 0.493 e. The summed E-state index contributed by atoms with van der Waals surface area (Å²) in [5.41, 5.74) is 3.51. The van der Waals surface area contributed by atoms with Crippen LogP contribution in [0.25, 0.3) is 0 Å². The molecular weight excluding hydrogens is 483 g/mol. The van der Waals surface area contributed by atoms with Crippen LogP contribution < -0.4 is 14.8 Å². The van der Waals surface area contributed by atoms with Crippen molar-refractivity contribution in [2.45, 2.75) is 38.8 Å². The first-order valence-corrected chi connectivity index (χ1v) is 13.2. The first-order chi connectivity index (χ1) is 18.5. The molecule has 2 aliphatic rings. The molecule has 0 radical (unpaired) electrons. The predicted octanol–water partition coefficient (Wildman–Crippen LogP) is 5.78. The number of Topliss-reactive ketones (excluding diaryl/α,β-unsaturated/α-hetero) is 1. The van der Waals surface area contributed by atoms with Gasteiger partial charge >= 0.3 is 6.09 Å². The Hall–Kier alpha value is -3.71. The Bertz CT molecular complexity index is 1290. The summed E-state index contributed by atoms with van der Waals surface area (Å²) >= 11 is 0. The highest BCUT2D eigenvalue weighted by atomic mass is 19.1. The lowest BCUT2D eigenvalue weighted by molar-refractivity contribution is 0.0895. The fraction of sp³-hybridized carbons (Fsp3) is 0.355. The van der Waals surface area contributed by atoms with Crippen molar-refractivity contribution in [1.29, 1.82) is 0 Å². The molecule has 1 atom stereocenters. The Morgan fingerprint density at radius 2 is 1.76 bits per heavy atom. The van der Waals surface area contributed by atoms with Crippen LogP contribution in [0.15, 0.2) is 66.7 Å². The van der Waals surface area contributed by atoms with Gasteiger partial charge in [0.25, 0.3) is 0 Å². The normalized spacial score (nSPS) is 17.7. The number of carbonyl (C=O) groups is 2. The number of ether oxygens (including phenoxy) is 2. The lowest BCUT2D eigenvalue weighted by Gasteiger charge is -2.33. The number of fused-ring (bicyclic) bond motifs is 1. The van der Waals surface area contributed by atoms with Crippen LogP contribution >= 0.6 is 0 Å². The first kappa shape index (κ1) is 25.9. The Balaban J connectivity index is 1.16. The van der Waals surface area contributed by atoms with Crippen LogP contribution in [0.5, 0.6) is 11.5 Å². The molecule has 198 valence electrons. The zero-order valence-corrected chi connectivity index (χ0v) is 21.6. The van der Waals surface area contributed by atoms with Crippen LogP contribution in [0, 0.1) is 17.7 Å².